The van der Waals surface area contributed by atoms with Gasteiger partial charge in [-0.3, -0.25) is 9.69 Å². The summed E-state index contributed by atoms with van der Waals surface area (Å²) in [6.45, 7) is 3.46. The molecule has 5 nitrogen and oxygen atoms in total. The van der Waals surface area contributed by atoms with Gasteiger partial charge in [-0.05, 0) is 35.9 Å². The fourth-order valence-corrected chi connectivity index (χ4v) is 2.86. The van der Waals surface area contributed by atoms with E-state index in [1.54, 1.807) is 18.4 Å². The van der Waals surface area contributed by atoms with Crippen LogP contribution in [0.4, 0.5) is 0 Å². The Morgan fingerprint density at radius 1 is 1.60 bits per heavy atom. The van der Waals surface area contributed by atoms with Crippen molar-refractivity contribution >= 4 is 17.2 Å². The Bertz CT molecular complexity index is 384. The number of amides is 1. The Morgan fingerprint density at radius 2 is 2.35 bits per heavy atom. The van der Waals surface area contributed by atoms with E-state index in [4.69, 9.17) is 10.5 Å². The van der Waals surface area contributed by atoms with Gasteiger partial charge in [-0.2, -0.15) is 11.3 Å². The molecule has 0 saturated carbocycles. The van der Waals surface area contributed by atoms with Crippen LogP contribution in [0.15, 0.2) is 16.8 Å². The number of nitrogens with zero attached hydrogens (tertiary/aromatic N) is 1. The maximum atomic E-state index is 11.9. The number of thiophene rings is 1. The highest BCUT2D eigenvalue weighted by Gasteiger charge is 2.24. The molecule has 0 bridgehead atoms. The lowest BCUT2D eigenvalue weighted by molar-refractivity contribution is -0.122. The van der Waals surface area contributed by atoms with Gasteiger partial charge in [-0.25, -0.2) is 0 Å². The minimum atomic E-state index is -0.00640. The molecule has 6 heteroatoms. The summed E-state index contributed by atoms with van der Waals surface area (Å²) in [7, 11) is 3.55. The van der Waals surface area contributed by atoms with Crippen LogP contribution in [-0.4, -0.2) is 50.7 Å². The zero-order valence-corrected chi connectivity index (χ0v) is 13.3. The largest absolute Gasteiger partial charge is 0.383 e. The molecule has 0 fully saturated rings. The van der Waals surface area contributed by atoms with Crippen LogP contribution in [0.3, 0.4) is 0 Å². The van der Waals surface area contributed by atoms with Gasteiger partial charge in [-0.15, -0.1) is 0 Å². The average Bonchev–Trinajstić information content (AvgIpc) is 2.92. The molecular weight excluding hydrogens is 274 g/mol. The van der Waals surface area contributed by atoms with Crippen molar-refractivity contribution in [3.63, 3.8) is 0 Å². The molecule has 114 valence electrons. The van der Waals surface area contributed by atoms with Gasteiger partial charge in [0, 0.05) is 19.7 Å². The molecule has 2 atom stereocenters. The Morgan fingerprint density at radius 3 is 2.90 bits per heavy atom. The maximum Gasteiger partial charge on any atom is 0.234 e. The topological polar surface area (TPSA) is 67.6 Å². The molecule has 3 N–H and O–H groups in total. The molecule has 0 aliphatic heterocycles. The van der Waals surface area contributed by atoms with Crippen LogP contribution < -0.4 is 11.1 Å². The average molecular weight is 299 g/mol. The number of likely N-dealkylation sites (N-methyl/N-ethyl adjacent to an activating group) is 1. The van der Waals surface area contributed by atoms with E-state index in [1.165, 1.54) is 5.56 Å². The quantitative estimate of drug-likeness (QED) is 0.673. The molecule has 1 heterocycles. The highest BCUT2D eigenvalue weighted by molar-refractivity contribution is 7.07. The van der Waals surface area contributed by atoms with E-state index in [0.29, 0.717) is 19.7 Å². The molecule has 1 amide bonds. The number of hydrogen-bond donors (Lipinski definition) is 2. The molecule has 2 unspecified atom stereocenters. The number of methoxy groups -OCH3 is 1. The van der Waals surface area contributed by atoms with E-state index in [2.05, 4.69) is 23.7 Å². The number of hydrogen-bond acceptors (Lipinski definition) is 5. The normalized spacial score (nSPS) is 14.2. The van der Waals surface area contributed by atoms with Crippen molar-refractivity contribution in [3.05, 3.63) is 22.4 Å². The molecule has 0 spiro atoms. The lowest BCUT2D eigenvalue weighted by atomic mass is 9.99. The zero-order chi connectivity index (χ0) is 15.0. The van der Waals surface area contributed by atoms with Crippen LogP contribution in [0.25, 0.3) is 0 Å². The van der Waals surface area contributed by atoms with Crippen molar-refractivity contribution in [2.45, 2.75) is 25.4 Å². The number of carbonyl (C=O) groups excluding carboxylic acids is 1. The minimum Gasteiger partial charge on any atom is -0.383 e. The predicted molar refractivity (Wildman–Crippen MR) is 82.8 cm³/mol. The molecule has 20 heavy (non-hydrogen) atoms. The van der Waals surface area contributed by atoms with Gasteiger partial charge in [0.2, 0.25) is 5.91 Å². The first-order valence-corrected chi connectivity index (χ1v) is 7.78. The lowest BCUT2D eigenvalue weighted by Crippen LogP contribution is -2.44. The number of rotatable bonds is 9. The third-order valence-electron chi connectivity index (χ3n) is 3.26. The summed E-state index contributed by atoms with van der Waals surface area (Å²) in [6, 6.07) is 2.16. The molecule has 0 aliphatic rings. The van der Waals surface area contributed by atoms with Crippen molar-refractivity contribution < 1.29 is 9.53 Å². The Labute approximate surface area is 125 Å². The maximum absolute atomic E-state index is 11.9. The Kier molecular flexibility index (Phi) is 7.76. The molecule has 0 radical (unpaired) electrons. The second kappa shape index (κ2) is 9.07. The predicted octanol–water partition coefficient (Wildman–Crippen LogP) is 1.22. The van der Waals surface area contributed by atoms with Gasteiger partial charge in [-0.1, -0.05) is 6.92 Å². The Hall–Kier alpha value is -0.950. The highest BCUT2D eigenvalue weighted by Crippen LogP contribution is 2.25. The van der Waals surface area contributed by atoms with Crippen LogP contribution in [0.5, 0.6) is 0 Å². The Balaban J connectivity index is 2.60. The van der Waals surface area contributed by atoms with Gasteiger partial charge in [0.1, 0.15) is 0 Å². The van der Waals surface area contributed by atoms with E-state index < -0.39 is 0 Å². The van der Waals surface area contributed by atoms with E-state index in [9.17, 15) is 4.79 Å². The van der Waals surface area contributed by atoms with Crippen molar-refractivity contribution in [3.8, 4) is 0 Å². The third-order valence-corrected chi connectivity index (χ3v) is 3.96. The van der Waals surface area contributed by atoms with E-state index in [1.807, 2.05) is 17.3 Å². The van der Waals surface area contributed by atoms with Crippen LogP contribution in [0.1, 0.15) is 24.9 Å². The standard InChI is InChI=1S/C14H25N3O2S/c1-4-12(15)14(11-5-8-20-10-11)17(2)9-13(18)16-6-7-19-3/h5,8,10,12,14H,4,6-7,9,15H2,1-3H3,(H,16,18). The first-order valence-electron chi connectivity index (χ1n) is 6.83. The molecular formula is C14H25N3O2S. The fourth-order valence-electron chi connectivity index (χ4n) is 2.17. The number of ether oxygens (including phenoxy) is 1. The summed E-state index contributed by atoms with van der Waals surface area (Å²) in [6.07, 6.45) is 0.871. The summed E-state index contributed by atoms with van der Waals surface area (Å²) in [5.41, 5.74) is 7.40. The van der Waals surface area contributed by atoms with Crippen molar-refractivity contribution in [1.82, 2.24) is 10.2 Å². The van der Waals surface area contributed by atoms with Crippen LogP contribution in [0.2, 0.25) is 0 Å². The number of nitrogens with one attached hydrogen (secondary N) is 1. The summed E-state index contributed by atoms with van der Waals surface area (Å²) < 4.78 is 4.91. The van der Waals surface area contributed by atoms with Gasteiger partial charge in [0.05, 0.1) is 19.2 Å². The lowest BCUT2D eigenvalue weighted by Gasteiger charge is -2.31. The summed E-state index contributed by atoms with van der Waals surface area (Å²) in [5.74, 6) is -0.00640. The highest BCUT2D eigenvalue weighted by atomic mass is 32.1. The van der Waals surface area contributed by atoms with Crippen LogP contribution in [0, 0.1) is 0 Å². The molecule has 1 aromatic rings. The fraction of sp³-hybridized carbons (Fsp3) is 0.643. The number of carbonyl (C=O) groups is 1. The van der Waals surface area contributed by atoms with Crippen molar-refractivity contribution in [2.75, 3.05) is 33.9 Å². The third kappa shape index (κ3) is 5.20. The van der Waals surface area contributed by atoms with Gasteiger partial charge >= 0.3 is 0 Å². The van der Waals surface area contributed by atoms with Gasteiger partial charge in [0.25, 0.3) is 0 Å². The van der Waals surface area contributed by atoms with Gasteiger partial charge < -0.3 is 15.8 Å². The summed E-state index contributed by atoms with van der Waals surface area (Å²) >= 11 is 1.65. The smallest absolute Gasteiger partial charge is 0.234 e. The molecule has 0 aromatic carbocycles. The van der Waals surface area contributed by atoms with E-state index in [-0.39, 0.29) is 18.0 Å². The van der Waals surface area contributed by atoms with E-state index in [0.717, 1.165) is 6.42 Å². The van der Waals surface area contributed by atoms with Crippen LogP contribution in [-0.2, 0) is 9.53 Å². The first-order chi connectivity index (χ1) is 9.60. The SMILES string of the molecule is CCC(N)C(c1ccsc1)N(C)CC(=O)NCCOC. The second-order valence-electron chi connectivity index (χ2n) is 4.83. The van der Waals surface area contributed by atoms with Crippen molar-refractivity contribution in [1.29, 1.82) is 0 Å². The summed E-state index contributed by atoms with van der Waals surface area (Å²) in [5, 5.41) is 6.96. The number of nitrogens with two attached hydrogens (primary N) is 1. The summed E-state index contributed by atoms with van der Waals surface area (Å²) in [4.78, 5) is 13.9. The molecule has 1 aromatic heterocycles. The first kappa shape index (κ1) is 17.1. The molecule has 0 aliphatic carbocycles. The molecule has 1 rings (SSSR count). The monoisotopic (exact) mass is 299 g/mol. The minimum absolute atomic E-state index is 0.00640. The van der Waals surface area contributed by atoms with Crippen LogP contribution >= 0.6 is 11.3 Å². The van der Waals surface area contributed by atoms with Crippen molar-refractivity contribution in [2.24, 2.45) is 5.73 Å². The van der Waals surface area contributed by atoms with Gasteiger partial charge in [0.15, 0.2) is 0 Å². The molecule has 0 saturated heterocycles. The second-order valence-corrected chi connectivity index (χ2v) is 5.61. The van der Waals surface area contributed by atoms with E-state index >= 15 is 0 Å². The zero-order valence-electron chi connectivity index (χ0n) is 12.5.